The highest BCUT2D eigenvalue weighted by atomic mass is 16.5. The molecule has 166 valence electrons. The van der Waals surface area contributed by atoms with Crippen LogP contribution in [0.1, 0.15) is 40.5 Å². The third kappa shape index (κ3) is 8.10. The topological polar surface area (TPSA) is 106 Å². The van der Waals surface area contributed by atoms with Crippen LogP contribution in [0.15, 0.2) is 48.5 Å². The molecule has 0 aliphatic heterocycles. The number of rotatable bonds is 12. The molecule has 0 radical (unpaired) electrons. The number of amides is 3. The van der Waals surface area contributed by atoms with Gasteiger partial charge < -0.3 is 25.4 Å². The Morgan fingerprint density at radius 1 is 0.935 bits per heavy atom. The molecule has 3 amide bonds. The molecule has 8 heteroatoms. The van der Waals surface area contributed by atoms with Crippen molar-refractivity contribution in [2.75, 3.05) is 38.7 Å². The van der Waals surface area contributed by atoms with Crippen LogP contribution >= 0.6 is 0 Å². The normalized spacial score (nSPS) is 10.3. The van der Waals surface area contributed by atoms with E-state index in [0.29, 0.717) is 48.7 Å². The van der Waals surface area contributed by atoms with Crippen LogP contribution in [-0.2, 0) is 9.53 Å². The molecule has 2 rings (SSSR count). The van der Waals surface area contributed by atoms with Crippen molar-refractivity contribution in [1.29, 1.82) is 0 Å². The number of carbonyl (C=O) groups is 3. The molecule has 0 aromatic heterocycles. The molecular formula is C23H29N3O5. The van der Waals surface area contributed by atoms with Crippen LogP contribution in [-0.4, -0.2) is 51.1 Å². The third-order valence-electron chi connectivity index (χ3n) is 4.37. The molecule has 0 unspecified atom stereocenters. The monoisotopic (exact) mass is 427 g/mol. The van der Waals surface area contributed by atoms with Crippen molar-refractivity contribution >= 4 is 23.4 Å². The zero-order chi connectivity index (χ0) is 22.5. The Hall–Kier alpha value is -3.39. The first-order chi connectivity index (χ1) is 15.0. The highest BCUT2D eigenvalue weighted by Crippen LogP contribution is 2.15. The molecule has 0 spiro atoms. The third-order valence-corrected chi connectivity index (χ3v) is 4.37. The van der Waals surface area contributed by atoms with Gasteiger partial charge in [-0.25, -0.2) is 0 Å². The van der Waals surface area contributed by atoms with Gasteiger partial charge >= 0.3 is 0 Å². The summed E-state index contributed by atoms with van der Waals surface area (Å²) in [6.07, 6.45) is 0.779. The van der Waals surface area contributed by atoms with Crippen molar-refractivity contribution in [2.24, 2.45) is 0 Å². The summed E-state index contributed by atoms with van der Waals surface area (Å²) in [5.74, 6) is -0.280. The van der Waals surface area contributed by atoms with Crippen LogP contribution in [0.2, 0.25) is 0 Å². The number of hydrogen-bond donors (Lipinski definition) is 3. The molecule has 2 aromatic rings. The van der Waals surface area contributed by atoms with Crippen molar-refractivity contribution in [2.45, 2.75) is 19.8 Å². The van der Waals surface area contributed by atoms with Gasteiger partial charge in [-0.1, -0.05) is 18.2 Å². The van der Waals surface area contributed by atoms with Crippen LogP contribution < -0.4 is 20.7 Å². The van der Waals surface area contributed by atoms with Crippen molar-refractivity contribution in [1.82, 2.24) is 10.6 Å². The maximum Gasteiger partial charge on any atom is 0.253 e. The van der Waals surface area contributed by atoms with Gasteiger partial charge in [-0.05, 0) is 43.7 Å². The van der Waals surface area contributed by atoms with Crippen LogP contribution in [0.4, 0.5) is 5.69 Å². The van der Waals surface area contributed by atoms with Gasteiger partial charge in [0.15, 0.2) is 0 Å². The Bertz CT molecular complexity index is 885. The maximum absolute atomic E-state index is 12.4. The molecule has 8 nitrogen and oxygen atoms in total. The fraction of sp³-hybridized carbons (Fsp3) is 0.348. The summed E-state index contributed by atoms with van der Waals surface area (Å²) >= 11 is 0. The first kappa shape index (κ1) is 23.9. The van der Waals surface area contributed by atoms with Crippen LogP contribution in [0.5, 0.6) is 5.75 Å². The SMILES string of the molecule is CCOCCCNC(=O)c1ccccc1NC(=O)CCNC(=O)c1cccc(OC)c1. The van der Waals surface area contributed by atoms with E-state index in [1.54, 1.807) is 48.5 Å². The molecule has 0 fully saturated rings. The lowest BCUT2D eigenvalue weighted by Crippen LogP contribution is -2.29. The molecule has 2 aromatic carbocycles. The van der Waals surface area contributed by atoms with Crippen LogP contribution in [0.3, 0.4) is 0 Å². The van der Waals surface area contributed by atoms with Gasteiger partial charge in [-0.2, -0.15) is 0 Å². The number of hydrogen-bond acceptors (Lipinski definition) is 5. The lowest BCUT2D eigenvalue weighted by Gasteiger charge is -2.12. The number of para-hydroxylation sites is 1. The number of benzene rings is 2. The van der Waals surface area contributed by atoms with Crippen LogP contribution in [0.25, 0.3) is 0 Å². The lowest BCUT2D eigenvalue weighted by atomic mass is 10.1. The van der Waals surface area contributed by atoms with E-state index in [2.05, 4.69) is 16.0 Å². The van der Waals surface area contributed by atoms with Gasteiger partial charge in [-0.15, -0.1) is 0 Å². The van der Waals surface area contributed by atoms with Crippen LogP contribution in [0, 0.1) is 0 Å². The Kier molecular flexibility index (Phi) is 10.0. The lowest BCUT2D eigenvalue weighted by molar-refractivity contribution is -0.116. The van der Waals surface area contributed by atoms with Crippen molar-refractivity contribution in [3.05, 3.63) is 59.7 Å². The molecule has 0 heterocycles. The molecule has 0 aliphatic carbocycles. The molecule has 0 atom stereocenters. The highest BCUT2D eigenvalue weighted by molar-refractivity contribution is 6.03. The quantitative estimate of drug-likeness (QED) is 0.452. The average Bonchev–Trinajstić information content (AvgIpc) is 2.79. The standard InChI is InChI=1S/C23H29N3O5/c1-3-31-15-7-13-24-23(29)19-10-4-5-11-20(19)26-21(27)12-14-25-22(28)17-8-6-9-18(16-17)30-2/h4-6,8-11,16H,3,7,12-15H2,1-2H3,(H,24,29)(H,25,28)(H,26,27). The van der Waals surface area contributed by atoms with Gasteiger partial charge in [0.2, 0.25) is 5.91 Å². The van der Waals surface area contributed by atoms with Gasteiger partial charge in [0.05, 0.1) is 18.4 Å². The number of ether oxygens (including phenoxy) is 2. The van der Waals surface area contributed by atoms with Crippen molar-refractivity contribution in [3.63, 3.8) is 0 Å². The fourth-order valence-corrected chi connectivity index (χ4v) is 2.77. The first-order valence-electron chi connectivity index (χ1n) is 10.2. The molecule has 31 heavy (non-hydrogen) atoms. The Labute approximate surface area is 182 Å². The number of carbonyl (C=O) groups excluding carboxylic acids is 3. The minimum Gasteiger partial charge on any atom is -0.497 e. The summed E-state index contributed by atoms with van der Waals surface area (Å²) in [5, 5.41) is 8.26. The van der Waals surface area contributed by atoms with E-state index in [9.17, 15) is 14.4 Å². The summed E-state index contributed by atoms with van der Waals surface area (Å²) < 4.78 is 10.4. The molecule has 0 bridgehead atoms. The minimum absolute atomic E-state index is 0.0695. The van der Waals surface area contributed by atoms with Gasteiger partial charge in [0, 0.05) is 38.3 Å². The number of methoxy groups -OCH3 is 1. The minimum atomic E-state index is -0.303. The Morgan fingerprint density at radius 3 is 2.48 bits per heavy atom. The largest absolute Gasteiger partial charge is 0.497 e. The van der Waals surface area contributed by atoms with E-state index in [-0.39, 0.29) is 30.7 Å². The summed E-state index contributed by atoms with van der Waals surface area (Å²) in [6, 6.07) is 13.6. The summed E-state index contributed by atoms with van der Waals surface area (Å²) in [7, 11) is 1.53. The molecular weight excluding hydrogens is 398 g/mol. The predicted molar refractivity (Wildman–Crippen MR) is 118 cm³/mol. The molecule has 0 saturated heterocycles. The molecule has 0 aliphatic rings. The first-order valence-corrected chi connectivity index (χ1v) is 10.2. The summed E-state index contributed by atoms with van der Waals surface area (Å²) in [6.45, 7) is 3.78. The Balaban J connectivity index is 1.82. The second kappa shape index (κ2) is 13.0. The van der Waals surface area contributed by atoms with E-state index in [1.165, 1.54) is 7.11 Å². The van der Waals surface area contributed by atoms with Crippen molar-refractivity contribution < 1.29 is 23.9 Å². The predicted octanol–water partition coefficient (Wildman–Crippen LogP) is 2.61. The van der Waals surface area contributed by atoms with Gasteiger partial charge in [-0.3, -0.25) is 14.4 Å². The smallest absolute Gasteiger partial charge is 0.253 e. The zero-order valence-corrected chi connectivity index (χ0v) is 17.9. The van der Waals surface area contributed by atoms with E-state index in [0.717, 1.165) is 0 Å². The molecule has 3 N–H and O–H groups in total. The van der Waals surface area contributed by atoms with Gasteiger partial charge in [0.1, 0.15) is 5.75 Å². The van der Waals surface area contributed by atoms with E-state index in [1.807, 2.05) is 6.92 Å². The zero-order valence-electron chi connectivity index (χ0n) is 17.9. The number of nitrogens with one attached hydrogen (secondary N) is 3. The fourth-order valence-electron chi connectivity index (χ4n) is 2.77. The second-order valence-corrected chi connectivity index (χ2v) is 6.64. The second-order valence-electron chi connectivity index (χ2n) is 6.64. The van der Waals surface area contributed by atoms with Gasteiger partial charge in [0.25, 0.3) is 11.8 Å². The van der Waals surface area contributed by atoms with E-state index in [4.69, 9.17) is 9.47 Å². The molecule has 0 saturated carbocycles. The van der Waals surface area contributed by atoms with Crippen molar-refractivity contribution in [3.8, 4) is 5.75 Å². The summed E-state index contributed by atoms with van der Waals surface area (Å²) in [4.78, 5) is 36.9. The number of anilines is 1. The highest BCUT2D eigenvalue weighted by Gasteiger charge is 2.13. The summed E-state index contributed by atoms with van der Waals surface area (Å²) in [5.41, 5.74) is 1.26. The maximum atomic E-state index is 12.4. The average molecular weight is 428 g/mol. The van der Waals surface area contributed by atoms with E-state index >= 15 is 0 Å². The van der Waals surface area contributed by atoms with E-state index < -0.39 is 0 Å². The Morgan fingerprint density at radius 2 is 1.71 bits per heavy atom.